The van der Waals surface area contributed by atoms with Crippen molar-refractivity contribution in [2.75, 3.05) is 7.11 Å². The molecule has 0 fully saturated rings. The maximum atomic E-state index is 9.10. The van der Waals surface area contributed by atoms with E-state index < -0.39 is 0 Å². The van der Waals surface area contributed by atoms with Crippen LogP contribution >= 0.6 is 0 Å². The number of hydrogen-bond donors (Lipinski definition) is 1. The third kappa shape index (κ3) is 2.17. The molecule has 2 aromatic rings. The highest BCUT2D eigenvalue weighted by Crippen LogP contribution is 2.20. The first-order valence-electron chi connectivity index (χ1n) is 5.48. The van der Waals surface area contributed by atoms with E-state index in [0.717, 1.165) is 17.0 Å². The molecule has 0 unspecified atom stereocenters. The number of ether oxygens (including phenoxy) is 1. The molecule has 1 aromatic carbocycles. The lowest BCUT2D eigenvalue weighted by Gasteiger charge is -2.06. The lowest BCUT2D eigenvalue weighted by Crippen LogP contribution is -2.28. The molecule has 0 radical (unpaired) electrons. The number of imidazole rings is 1. The van der Waals surface area contributed by atoms with Crippen LogP contribution in [0.1, 0.15) is 11.3 Å². The van der Waals surface area contributed by atoms with Gasteiger partial charge in [-0.2, -0.15) is 4.57 Å². The van der Waals surface area contributed by atoms with Gasteiger partial charge in [0, 0.05) is 6.92 Å². The van der Waals surface area contributed by atoms with Crippen molar-refractivity contribution in [2.24, 2.45) is 7.05 Å². The fourth-order valence-electron chi connectivity index (χ4n) is 1.77. The molecule has 0 aliphatic rings. The summed E-state index contributed by atoms with van der Waals surface area (Å²) in [5, 5.41) is 9.10. The molecule has 0 atom stereocenters. The number of hydrogen-bond acceptors (Lipinski definition) is 2. The van der Waals surface area contributed by atoms with E-state index in [9.17, 15) is 0 Å². The lowest BCUT2D eigenvalue weighted by molar-refractivity contribution is -0.595. The highest BCUT2D eigenvalue weighted by molar-refractivity contribution is 5.43. The molecule has 2 rings (SSSR count). The summed E-state index contributed by atoms with van der Waals surface area (Å²) < 4.78 is 9.40. The minimum Gasteiger partial charge on any atom is -0.492 e. The van der Waals surface area contributed by atoms with E-state index >= 15 is 0 Å². The zero-order valence-electron chi connectivity index (χ0n) is 10.3. The normalized spacial score (nSPS) is 10.6. The summed E-state index contributed by atoms with van der Waals surface area (Å²) in [6.07, 6.45) is 4.03. The van der Waals surface area contributed by atoms with Crippen molar-refractivity contribution in [3.8, 4) is 11.4 Å². The third-order valence-corrected chi connectivity index (χ3v) is 2.88. The monoisotopic (exact) mass is 233 g/mol. The van der Waals surface area contributed by atoms with E-state index in [1.165, 1.54) is 5.69 Å². The van der Waals surface area contributed by atoms with Gasteiger partial charge in [0.1, 0.15) is 11.9 Å². The number of methoxy groups -OCH3 is 1. The van der Waals surface area contributed by atoms with Crippen LogP contribution in [-0.4, -0.2) is 16.8 Å². The van der Waals surface area contributed by atoms with Crippen LogP contribution in [0.2, 0.25) is 0 Å². The molecular formula is C13H17N2O2+. The Morgan fingerprint density at radius 2 is 2.18 bits per heavy atom. The fraction of sp³-hybridized carbons (Fsp3) is 0.308. The molecule has 0 bridgehead atoms. The molecule has 1 aromatic heterocycles. The van der Waals surface area contributed by atoms with E-state index in [-0.39, 0.29) is 6.61 Å². The molecule has 0 amide bonds. The Kier molecular flexibility index (Phi) is 3.15. The van der Waals surface area contributed by atoms with Gasteiger partial charge in [-0.25, -0.2) is 4.57 Å². The molecule has 17 heavy (non-hydrogen) atoms. The lowest BCUT2D eigenvalue weighted by atomic mass is 10.2. The van der Waals surface area contributed by atoms with Gasteiger partial charge in [-0.15, -0.1) is 0 Å². The highest BCUT2D eigenvalue weighted by Gasteiger charge is 2.13. The largest absolute Gasteiger partial charge is 0.492 e. The average Bonchev–Trinajstić information content (AvgIpc) is 2.68. The maximum absolute atomic E-state index is 9.10. The Bertz CT molecular complexity index is 513. The van der Waals surface area contributed by atoms with Crippen LogP contribution in [0.25, 0.3) is 5.69 Å². The Morgan fingerprint density at radius 1 is 1.41 bits per heavy atom. The Balaban J connectivity index is 2.51. The number of rotatable bonds is 3. The molecular weight excluding hydrogens is 216 g/mol. The topological polar surface area (TPSA) is 38.3 Å². The number of aryl methyl sites for hydroxylation is 2. The SMILES string of the molecule is COc1cc(CO)ccc1-[n+]1cc(C)n(C)c1. The van der Waals surface area contributed by atoms with Crippen molar-refractivity contribution in [2.45, 2.75) is 13.5 Å². The Hall–Kier alpha value is -1.81. The first-order valence-corrected chi connectivity index (χ1v) is 5.48. The van der Waals surface area contributed by atoms with Gasteiger partial charge in [0.25, 0.3) is 0 Å². The number of aromatic nitrogens is 2. The molecule has 4 heteroatoms. The molecule has 4 nitrogen and oxygen atoms in total. The van der Waals surface area contributed by atoms with Crippen molar-refractivity contribution >= 4 is 0 Å². The van der Waals surface area contributed by atoms with Crippen molar-refractivity contribution in [3.63, 3.8) is 0 Å². The second-order valence-electron chi connectivity index (χ2n) is 4.07. The van der Waals surface area contributed by atoms with E-state index in [2.05, 4.69) is 0 Å². The van der Waals surface area contributed by atoms with Crippen LogP contribution < -0.4 is 9.30 Å². The average molecular weight is 233 g/mol. The number of aliphatic hydroxyl groups is 1. The second kappa shape index (κ2) is 4.59. The number of aliphatic hydroxyl groups excluding tert-OH is 1. The summed E-state index contributed by atoms with van der Waals surface area (Å²) in [6.45, 7) is 2.07. The van der Waals surface area contributed by atoms with Crippen LogP contribution in [0.3, 0.4) is 0 Å². The third-order valence-electron chi connectivity index (χ3n) is 2.88. The van der Waals surface area contributed by atoms with Crippen molar-refractivity contribution < 1.29 is 14.4 Å². The van der Waals surface area contributed by atoms with E-state index in [0.29, 0.717) is 0 Å². The zero-order valence-corrected chi connectivity index (χ0v) is 10.3. The van der Waals surface area contributed by atoms with Gasteiger partial charge < -0.3 is 9.84 Å². The Labute approximate surface area is 101 Å². The number of nitrogens with zero attached hydrogens (tertiary/aromatic N) is 2. The summed E-state index contributed by atoms with van der Waals surface area (Å²) in [7, 11) is 3.64. The molecule has 1 N–H and O–H groups in total. The standard InChI is InChI=1S/C13H17N2O2/c1-10-7-15(9-14(10)2)12-5-4-11(8-16)6-13(12)17-3/h4-7,9,16H,8H2,1-3H3/q+1. The van der Waals surface area contributed by atoms with Crippen molar-refractivity contribution in [1.29, 1.82) is 0 Å². The van der Waals surface area contributed by atoms with Gasteiger partial charge in [-0.1, -0.05) is 6.07 Å². The summed E-state index contributed by atoms with van der Waals surface area (Å²) in [5.74, 6) is 0.757. The summed E-state index contributed by atoms with van der Waals surface area (Å²) in [4.78, 5) is 0. The summed E-state index contributed by atoms with van der Waals surface area (Å²) in [5.41, 5.74) is 2.98. The van der Waals surface area contributed by atoms with Gasteiger partial charge in [-0.3, -0.25) is 0 Å². The second-order valence-corrected chi connectivity index (χ2v) is 4.07. The highest BCUT2D eigenvalue weighted by atomic mass is 16.5. The molecule has 0 spiro atoms. The van der Waals surface area contributed by atoms with Crippen LogP contribution in [0.4, 0.5) is 0 Å². The maximum Gasteiger partial charge on any atom is 0.249 e. The van der Waals surface area contributed by atoms with Crippen molar-refractivity contribution in [3.05, 3.63) is 42.0 Å². The minimum absolute atomic E-state index is 0.0229. The number of benzene rings is 1. The Morgan fingerprint density at radius 3 is 2.71 bits per heavy atom. The van der Waals surface area contributed by atoms with Crippen LogP contribution in [0, 0.1) is 6.92 Å². The summed E-state index contributed by atoms with van der Waals surface area (Å²) in [6, 6.07) is 5.70. The quantitative estimate of drug-likeness (QED) is 0.807. The molecule has 0 saturated heterocycles. The van der Waals surface area contributed by atoms with Gasteiger partial charge in [-0.05, 0) is 17.7 Å². The van der Waals surface area contributed by atoms with E-state index in [4.69, 9.17) is 9.84 Å². The molecule has 1 heterocycles. The molecule has 90 valence electrons. The fourth-order valence-corrected chi connectivity index (χ4v) is 1.77. The first kappa shape index (κ1) is 11.7. The molecule has 0 saturated carbocycles. The smallest absolute Gasteiger partial charge is 0.249 e. The van der Waals surface area contributed by atoms with Gasteiger partial charge in [0.05, 0.1) is 20.8 Å². The minimum atomic E-state index is 0.0229. The van der Waals surface area contributed by atoms with E-state index in [1.807, 2.05) is 53.8 Å². The van der Waals surface area contributed by atoms with Crippen LogP contribution in [-0.2, 0) is 13.7 Å². The predicted molar refractivity (Wildman–Crippen MR) is 64.2 cm³/mol. The van der Waals surface area contributed by atoms with Crippen LogP contribution in [0.5, 0.6) is 5.75 Å². The van der Waals surface area contributed by atoms with Crippen LogP contribution in [0.15, 0.2) is 30.7 Å². The molecule has 0 aliphatic carbocycles. The first-order chi connectivity index (χ1) is 8.15. The summed E-state index contributed by atoms with van der Waals surface area (Å²) >= 11 is 0. The predicted octanol–water partition coefficient (Wildman–Crippen LogP) is 1.11. The van der Waals surface area contributed by atoms with Gasteiger partial charge in [0.15, 0.2) is 11.4 Å². The van der Waals surface area contributed by atoms with Gasteiger partial charge >= 0.3 is 0 Å². The van der Waals surface area contributed by atoms with Gasteiger partial charge in [0.2, 0.25) is 6.33 Å². The zero-order chi connectivity index (χ0) is 12.4. The van der Waals surface area contributed by atoms with Crippen molar-refractivity contribution in [1.82, 2.24) is 4.57 Å². The molecule has 0 aliphatic heterocycles. The van der Waals surface area contributed by atoms with E-state index in [1.54, 1.807) is 7.11 Å².